The number of rotatable bonds is 19. The second kappa shape index (κ2) is 16.6. The average molecular weight is 442 g/mol. The molecule has 1 aromatic rings. The molecule has 0 radical (unpaired) electrons. The van der Waals surface area contributed by atoms with E-state index in [4.69, 9.17) is 9.29 Å². The Kier molecular flexibility index (Phi) is 14.9. The van der Waals surface area contributed by atoms with Crippen LogP contribution in [0, 0.1) is 0 Å². The molecule has 0 saturated carbocycles. The summed E-state index contributed by atoms with van der Waals surface area (Å²) in [5, 5.41) is 0. The third kappa shape index (κ3) is 14.8. The number of aryl methyl sites for hydroxylation is 1. The number of unbranched alkanes of at least 4 members (excludes halogenated alkanes) is 12. The molecule has 1 rings (SSSR count). The lowest BCUT2D eigenvalue weighted by molar-refractivity contribution is 0.181. The van der Waals surface area contributed by atoms with E-state index in [1.807, 2.05) is 18.2 Å². The van der Waals surface area contributed by atoms with Crippen molar-refractivity contribution in [2.45, 2.75) is 116 Å². The average Bonchev–Trinajstić information content (AvgIpc) is 2.70. The molecule has 1 atom stereocenters. The molecule has 1 aromatic carbocycles. The van der Waals surface area contributed by atoms with Crippen LogP contribution in [0.25, 0.3) is 0 Å². The van der Waals surface area contributed by atoms with Gasteiger partial charge in [-0.15, -0.1) is 0 Å². The van der Waals surface area contributed by atoms with Crippen LogP contribution in [0.3, 0.4) is 0 Å². The zero-order valence-electron chi connectivity index (χ0n) is 19.1. The SMILES string of the molecule is CCCCCCCCCCCCCCCc1cccc(OC(CC)NS(=O)(=O)O)c1. The van der Waals surface area contributed by atoms with Crippen LogP contribution >= 0.6 is 0 Å². The first-order chi connectivity index (χ1) is 14.4. The normalized spacial score (nSPS) is 12.8. The molecular formula is C24H43NO4S. The molecular weight excluding hydrogens is 398 g/mol. The first-order valence-electron chi connectivity index (χ1n) is 11.9. The Morgan fingerprint density at radius 1 is 0.867 bits per heavy atom. The van der Waals surface area contributed by atoms with E-state index in [0.29, 0.717) is 12.2 Å². The third-order valence-electron chi connectivity index (χ3n) is 5.40. The molecule has 0 aliphatic rings. The topological polar surface area (TPSA) is 75.6 Å². The summed E-state index contributed by atoms with van der Waals surface area (Å²) in [5.74, 6) is 0.616. The Morgan fingerprint density at radius 3 is 1.90 bits per heavy atom. The van der Waals surface area contributed by atoms with Crippen LogP contribution in [0.1, 0.15) is 109 Å². The van der Waals surface area contributed by atoms with E-state index in [2.05, 4.69) is 17.7 Å². The molecule has 0 aromatic heterocycles. The zero-order chi connectivity index (χ0) is 22.1. The molecule has 0 aliphatic heterocycles. The number of nitrogens with one attached hydrogen (secondary N) is 1. The lowest BCUT2D eigenvalue weighted by atomic mass is 10.0. The van der Waals surface area contributed by atoms with E-state index in [0.717, 1.165) is 12.8 Å². The van der Waals surface area contributed by atoms with Gasteiger partial charge in [0, 0.05) is 0 Å². The first-order valence-corrected chi connectivity index (χ1v) is 13.4. The monoisotopic (exact) mass is 441 g/mol. The molecule has 0 spiro atoms. The smallest absolute Gasteiger partial charge is 0.336 e. The highest BCUT2D eigenvalue weighted by Crippen LogP contribution is 2.18. The van der Waals surface area contributed by atoms with Gasteiger partial charge in [0.2, 0.25) is 0 Å². The van der Waals surface area contributed by atoms with E-state index in [-0.39, 0.29) is 0 Å². The lowest BCUT2D eigenvalue weighted by Crippen LogP contribution is -2.38. The molecule has 5 nitrogen and oxygen atoms in total. The van der Waals surface area contributed by atoms with Crippen molar-refractivity contribution in [3.8, 4) is 5.75 Å². The van der Waals surface area contributed by atoms with Gasteiger partial charge in [-0.2, -0.15) is 13.1 Å². The van der Waals surface area contributed by atoms with Crippen LogP contribution in [0.2, 0.25) is 0 Å². The minimum atomic E-state index is -4.28. The van der Waals surface area contributed by atoms with E-state index in [9.17, 15) is 8.42 Å². The standard InChI is InChI=1S/C24H43NO4S/c1-3-5-6-7-8-9-10-11-12-13-14-15-16-18-22-19-17-20-23(21-22)29-24(4-2)25-30(26,27)28/h17,19-21,24-25H,3-16,18H2,1-2H3,(H,26,27,28). The highest BCUT2D eigenvalue weighted by molar-refractivity contribution is 7.83. The molecule has 174 valence electrons. The summed E-state index contributed by atoms with van der Waals surface area (Å²) in [6.07, 6.45) is 18.1. The van der Waals surface area contributed by atoms with Gasteiger partial charge in [0.25, 0.3) is 0 Å². The molecule has 0 saturated heterocycles. The predicted octanol–water partition coefficient (Wildman–Crippen LogP) is 6.83. The van der Waals surface area contributed by atoms with Crippen molar-refractivity contribution >= 4 is 10.3 Å². The molecule has 2 N–H and O–H groups in total. The van der Waals surface area contributed by atoms with Crippen molar-refractivity contribution in [3.63, 3.8) is 0 Å². The first kappa shape index (κ1) is 26.9. The quantitative estimate of drug-likeness (QED) is 0.140. The highest BCUT2D eigenvalue weighted by atomic mass is 32.2. The van der Waals surface area contributed by atoms with Crippen molar-refractivity contribution in [2.24, 2.45) is 0 Å². The van der Waals surface area contributed by atoms with E-state index < -0.39 is 16.5 Å². The van der Waals surface area contributed by atoms with E-state index >= 15 is 0 Å². The van der Waals surface area contributed by atoms with Crippen LogP contribution in [0.4, 0.5) is 0 Å². The fourth-order valence-corrected chi connectivity index (χ4v) is 4.19. The minimum Gasteiger partial charge on any atom is -0.474 e. The summed E-state index contributed by atoms with van der Waals surface area (Å²) >= 11 is 0. The van der Waals surface area contributed by atoms with Crippen molar-refractivity contribution in [3.05, 3.63) is 29.8 Å². The van der Waals surface area contributed by atoms with Crippen molar-refractivity contribution < 1.29 is 17.7 Å². The Hall–Kier alpha value is -1.11. The van der Waals surface area contributed by atoms with Gasteiger partial charge in [-0.3, -0.25) is 4.55 Å². The van der Waals surface area contributed by atoms with Gasteiger partial charge in [-0.25, -0.2) is 0 Å². The van der Waals surface area contributed by atoms with Gasteiger partial charge < -0.3 is 4.74 Å². The maximum Gasteiger partial charge on any atom is 0.336 e. The molecule has 1 unspecified atom stereocenters. The fraction of sp³-hybridized carbons (Fsp3) is 0.750. The van der Waals surface area contributed by atoms with Crippen LogP contribution < -0.4 is 9.46 Å². The maximum absolute atomic E-state index is 11.0. The van der Waals surface area contributed by atoms with Crippen molar-refractivity contribution in [2.75, 3.05) is 0 Å². The molecule has 0 heterocycles. The molecule has 0 aliphatic carbocycles. The van der Waals surface area contributed by atoms with E-state index in [1.165, 1.54) is 82.6 Å². The maximum atomic E-state index is 11.0. The van der Waals surface area contributed by atoms with Crippen molar-refractivity contribution in [1.29, 1.82) is 0 Å². The number of benzene rings is 1. The van der Waals surface area contributed by atoms with Crippen LogP contribution in [0.15, 0.2) is 24.3 Å². The minimum absolute atomic E-state index is 0.420. The number of ether oxygens (including phenoxy) is 1. The molecule has 6 heteroatoms. The molecule has 0 fully saturated rings. The van der Waals surface area contributed by atoms with Gasteiger partial charge >= 0.3 is 10.3 Å². The van der Waals surface area contributed by atoms with Gasteiger partial charge in [-0.05, 0) is 37.0 Å². The Bertz CT molecular complexity index is 648. The number of hydrogen-bond donors (Lipinski definition) is 2. The summed E-state index contributed by atoms with van der Waals surface area (Å²) in [6.45, 7) is 4.06. The van der Waals surface area contributed by atoms with E-state index in [1.54, 1.807) is 6.92 Å². The van der Waals surface area contributed by atoms with Gasteiger partial charge in [0.15, 0.2) is 6.23 Å². The lowest BCUT2D eigenvalue weighted by Gasteiger charge is -2.17. The summed E-state index contributed by atoms with van der Waals surface area (Å²) in [7, 11) is -4.28. The zero-order valence-corrected chi connectivity index (χ0v) is 19.9. The Morgan fingerprint density at radius 2 is 1.40 bits per heavy atom. The molecule has 30 heavy (non-hydrogen) atoms. The predicted molar refractivity (Wildman–Crippen MR) is 125 cm³/mol. The Labute approximate surface area is 184 Å². The summed E-state index contributed by atoms with van der Waals surface area (Å²) in [6, 6.07) is 7.76. The summed E-state index contributed by atoms with van der Waals surface area (Å²) in [5.41, 5.74) is 1.19. The number of hydrogen-bond acceptors (Lipinski definition) is 3. The van der Waals surface area contributed by atoms with Crippen LogP contribution in [0.5, 0.6) is 5.75 Å². The van der Waals surface area contributed by atoms with Crippen LogP contribution in [-0.2, 0) is 16.7 Å². The molecule has 0 amide bonds. The third-order valence-corrected chi connectivity index (χ3v) is 5.96. The fourth-order valence-electron chi connectivity index (χ4n) is 3.64. The van der Waals surface area contributed by atoms with Crippen molar-refractivity contribution in [1.82, 2.24) is 4.72 Å². The largest absolute Gasteiger partial charge is 0.474 e. The second-order valence-corrected chi connectivity index (χ2v) is 9.43. The highest BCUT2D eigenvalue weighted by Gasteiger charge is 2.14. The van der Waals surface area contributed by atoms with Gasteiger partial charge in [-0.1, -0.05) is 103 Å². The Balaban J connectivity index is 2.11. The molecule has 0 bridgehead atoms. The van der Waals surface area contributed by atoms with Gasteiger partial charge in [0.1, 0.15) is 5.75 Å². The van der Waals surface area contributed by atoms with Gasteiger partial charge in [0.05, 0.1) is 0 Å². The summed E-state index contributed by atoms with van der Waals surface area (Å²) < 4.78 is 38.6. The second-order valence-electron chi connectivity index (χ2n) is 8.25. The summed E-state index contributed by atoms with van der Waals surface area (Å²) in [4.78, 5) is 0. The van der Waals surface area contributed by atoms with Crippen LogP contribution in [-0.4, -0.2) is 19.2 Å².